The minimum Gasteiger partial charge on any atom is -0.870 e. The topological polar surface area (TPSA) is 93.2 Å². The third-order valence-electron chi connectivity index (χ3n) is 0. The first-order chi connectivity index (χ1) is 1.73. The molecule has 0 rings (SSSR count). The maximum Gasteiger partial charge on any atom is 3.00 e. The second-order valence-electron chi connectivity index (χ2n) is 0.250. The van der Waals surface area contributed by atoms with E-state index in [1.165, 1.54) is 0 Å². The van der Waals surface area contributed by atoms with Crippen molar-refractivity contribution in [3.8, 4) is 0 Å². The number of carbonyl (C=O) groups excluding carboxylic acids is 1. The van der Waals surface area contributed by atoms with Gasteiger partial charge in [0.1, 0.15) is 0 Å². The summed E-state index contributed by atoms with van der Waals surface area (Å²) in [4.78, 5) is 8.33. The molecule has 0 aliphatic carbocycles. The van der Waals surface area contributed by atoms with Gasteiger partial charge in [0.2, 0.25) is 0 Å². The maximum absolute atomic E-state index is 8.33. The van der Waals surface area contributed by atoms with Gasteiger partial charge in [-0.25, -0.2) is 0 Å². The van der Waals surface area contributed by atoms with Crippen molar-refractivity contribution in [1.29, 1.82) is 0 Å². The molecule has 4 nitrogen and oxygen atoms in total. The first-order valence-corrected chi connectivity index (χ1v) is 0.612. The first kappa shape index (κ1) is 26.6. The van der Waals surface area contributed by atoms with Crippen LogP contribution >= 0.6 is 0 Å². The molecule has 6 heteroatoms. The average Bonchev–Trinajstić information content (AvgIpc) is 0.811. The summed E-state index contributed by atoms with van der Waals surface area (Å²) in [5.74, 6) is 0. The van der Waals surface area contributed by atoms with Gasteiger partial charge >= 0.3 is 34.7 Å². The Labute approximate surface area is 61.7 Å². The standard InChI is InChI=1S/CH2O3.2Al.H2O/c2-1(3)4;;;/h(H2,2,3,4);;;1H2/q;2*+3;/p-3. The predicted molar refractivity (Wildman–Crippen MR) is 18.8 cm³/mol. The molecular weight excluding hydrogens is 130 g/mol. The Morgan fingerprint density at radius 2 is 1.14 bits per heavy atom. The van der Waals surface area contributed by atoms with E-state index in [-0.39, 0.29) is 40.2 Å². The number of carbonyl (C=O) groups is 1. The predicted octanol–water partition coefficient (Wildman–Crippen LogP) is -3.39. The zero-order chi connectivity index (χ0) is 3.58. The van der Waals surface area contributed by atoms with Gasteiger partial charge in [-0.3, -0.25) is 0 Å². The van der Waals surface area contributed by atoms with Gasteiger partial charge in [0, 0.05) is 0 Å². The Morgan fingerprint density at radius 1 is 1.14 bits per heavy atom. The Kier molecular flexibility index (Phi) is 61.8. The van der Waals surface area contributed by atoms with E-state index in [2.05, 4.69) is 0 Å². The number of rotatable bonds is 0. The van der Waals surface area contributed by atoms with Gasteiger partial charge in [0.05, 0.1) is 0 Å². The fraction of sp³-hybridized carbons (Fsp3) is 0. The number of hydrogen-bond donors (Lipinski definition) is 0. The molecule has 0 radical (unpaired) electrons. The summed E-state index contributed by atoms with van der Waals surface area (Å²) in [7, 11) is 0. The molecule has 0 aromatic carbocycles. The Hall–Kier alpha value is 0.295. The van der Waals surface area contributed by atoms with Crippen LogP contribution in [0, 0.1) is 0 Å². The maximum atomic E-state index is 8.33. The molecule has 0 fully saturated rings. The molecule has 0 aliphatic rings. The van der Waals surface area contributed by atoms with Gasteiger partial charge in [-0.2, -0.15) is 0 Å². The van der Waals surface area contributed by atoms with Crippen LogP contribution in [0.4, 0.5) is 4.79 Å². The van der Waals surface area contributed by atoms with Crippen molar-refractivity contribution in [2.24, 2.45) is 0 Å². The van der Waals surface area contributed by atoms with Crippen LogP contribution in [0.1, 0.15) is 0 Å². The third kappa shape index (κ3) is 1330. The molecule has 0 amide bonds. The van der Waals surface area contributed by atoms with Crippen molar-refractivity contribution in [1.82, 2.24) is 0 Å². The Bertz CT molecular complexity index is 32.7. The summed E-state index contributed by atoms with van der Waals surface area (Å²) >= 11 is 0. The van der Waals surface area contributed by atoms with Crippen molar-refractivity contribution in [2.75, 3.05) is 0 Å². The van der Waals surface area contributed by atoms with Gasteiger partial charge in [-0.1, -0.05) is 0 Å². The first-order valence-electron chi connectivity index (χ1n) is 0.612. The second-order valence-corrected chi connectivity index (χ2v) is 0.250. The molecule has 0 saturated heterocycles. The van der Waals surface area contributed by atoms with Crippen molar-refractivity contribution in [2.45, 2.75) is 0 Å². The van der Waals surface area contributed by atoms with E-state index in [0.717, 1.165) is 0 Å². The minimum absolute atomic E-state index is 0. The molecule has 0 atom stereocenters. The van der Waals surface area contributed by atoms with Crippen LogP contribution in [0.2, 0.25) is 0 Å². The fourth-order valence-electron chi connectivity index (χ4n) is 0. The average molecular weight is 131 g/mol. The summed E-state index contributed by atoms with van der Waals surface area (Å²) < 4.78 is 0. The summed E-state index contributed by atoms with van der Waals surface area (Å²) in [6.45, 7) is 0. The molecule has 32 valence electrons. The molecular formula is CHAl2O4+3. The fourth-order valence-corrected chi connectivity index (χ4v) is 0. The van der Waals surface area contributed by atoms with Gasteiger partial charge < -0.3 is 20.5 Å². The Balaban J connectivity index is -0.0000000150. The third-order valence-corrected chi connectivity index (χ3v) is 0. The normalized spacial score (nSPS) is 3.43. The molecule has 0 bridgehead atoms. The zero-order valence-electron chi connectivity index (χ0n) is 3.33. The largest absolute Gasteiger partial charge is 3.00 e. The van der Waals surface area contributed by atoms with Crippen LogP contribution in [0.3, 0.4) is 0 Å². The van der Waals surface area contributed by atoms with Crippen molar-refractivity contribution >= 4 is 40.9 Å². The van der Waals surface area contributed by atoms with E-state index in [0.29, 0.717) is 0 Å². The molecule has 0 unspecified atom stereocenters. The monoisotopic (exact) mass is 131 g/mol. The van der Waals surface area contributed by atoms with Gasteiger partial charge in [-0.05, 0) is 6.16 Å². The molecule has 0 aliphatic heterocycles. The van der Waals surface area contributed by atoms with E-state index in [9.17, 15) is 0 Å². The SMILES string of the molecule is O=C([O-])[O-].[Al+3].[Al+3].[OH-]. The molecule has 0 aromatic rings. The van der Waals surface area contributed by atoms with Gasteiger partial charge in [0.25, 0.3) is 0 Å². The van der Waals surface area contributed by atoms with Crippen LogP contribution in [0.25, 0.3) is 0 Å². The summed E-state index contributed by atoms with van der Waals surface area (Å²) in [6.07, 6.45) is -2.33. The minimum atomic E-state index is -2.33. The number of carboxylic acid groups (broad SMARTS) is 2. The molecule has 1 N–H and O–H groups in total. The van der Waals surface area contributed by atoms with Crippen molar-refractivity contribution in [3.05, 3.63) is 0 Å². The summed E-state index contributed by atoms with van der Waals surface area (Å²) in [5, 5.41) is 16.7. The molecule has 7 heavy (non-hydrogen) atoms. The molecule has 0 heterocycles. The smallest absolute Gasteiger partial charge is 0.870 e. The molecule has 0 aromatic heterocycles. The summed E-state index contributed by atoms with van der Waals surface area (Å²) in [6, 6.07) is 0. The van der Waals surface area contributed by atoms with Crippen LogP contribution in [0.5, 0.6) is 0 Å². The number of hydrogen-bond acceptors (Lipinski definition) is 4. The van der Waals surface area contributed by atoms with Crippen LogP contribution in [-0.4, -0.2) is 46.4 Å². The van der Waals surface area contributed by atoms with Crippen LogP contribution in [0.15, 0.2) is 0 Å². The van der Waals surface area contributed by atoms with Gasteiger partial charge in [-0.15, -0.1) is 0 Å². The van der Waals surface area contributed by atoms with E-state index in [4.69, 9.17) is 15.0 Å². The van der Waals surface area contributed by atoms with Crippen molar-refractivity contribution < 1.29 is 20.5 Å². The van der Waals surface area contributed by atoms with E-state index in [1.54, 1.807) is 0 Å². The quantitative estimate of drug-likeness (QED) is 0.320. The second kappa shape index (κ2) is 16.3. The zero-order valence-corrected chi connectivity index (χ0v) is 5.64. The van der Waals surface area contributed by atoms with E-state index < -0.39 is 6.16 Å². The van der Waals surface area contributed by atoms with Crippen LogP contribution in [-0.2, 0) is 0 Å². The van der Waals surface area contributed by atoms with Gasteiger partial charge in [0.15, 0.2) is 0 Å². The van der Waals surface area contributed by atoms with E-state index >= 15 is 0 Å². The molecule has 0 spiro atoms. The Morgan fingerprint density at radius 3 is 1.14 bits per heavy atom. The molecule has 0 saturated carbocycles. The van der Waals surface area contributed by atoms with Crippen LogP contribution < -0.4 is 10.2 Å². The summed E-state index contributed by atoms with van der Waals surface area (Å²) in [5.41, 5.74) is 0. The van der Waals surface area contributed by atoms with Crippen molar-refractivity contribution in [3.63, 3.8) is 0 Å². The van der Waals surface area contributed by atoms with E-state index in [1.807, 2.05) is 0 Å².